The molecule has 0 aliphatic carbocycles. The summed E-state index contributed by atoms with van der Waals surface area (Å²) in [6.45, 7) is 9.55. The second-order valence-corrected chi connectivity index (χ2v) is 6.29. The largest absolute Gasteiger partial charge is 0.327 e. The Morgan fingerprint density at radius 3 is 2.86 bits per heavy atom. The van der Waals surface area contributed by atoms with Crippen LogP contribution >= 0.6 is 11.8 Å². The molecule has 2 N–H and O–H groups in total. The fourth-order valence-corrected chi connectivity index (χ4v) is 3.29. The SMILES string of the molecule is C=C(S/C=C\C)C1=NCC(C(=N)/C=C\C)=C2CC(NC)CN12. The molecule has 0 radical (unpaired) electrons. The number of hydrogen-bond donors (Lipinski definition) is 2. The highest BCUT2D eigenvalue weighted by Gasteiger charge is 2.34. The van der Waals surface area contributed by atoms with Gasteiger partial charge in [0.05, 0.1) is 12.3 Å². The van der Waals surface area contributed by atoms with E-state index in [0.29, 0.717) is 18.3 Å². The van der Waals surface area contributed by atoms with Crippen LogP contribution in [0.25, 0.3) is 0 Å². The summed E-state index contributed by atoms with van der Waals surface area (Å²) in [5.74, 6) is 0.952. The molecule has 0 amide bonds. The Hall–Kier alpha value is -1.59. The highest BCUT2D eigenvalue weighted by molar-refractivity contribution is 8.06. The van der Waals surface area contributed by atoms with Crippen molar-refractivity contribution in [3.63, 3.8) is 0 Å². The lowest BCUT2D eigenvalue weighted by Crippen LogP contribution is -2.36. The first-order chi connectivity index (χ1) is 10.6. The zero-order valence-corrected chi connectivity index (χ0v) is 14.3. The molecule has 22 heavy (non-hydrogen) atoms. The number of amidine groups is 1. The van der Waals surface area contributed by atoms with Crippen LogP contribution in [0.1, 0.15) is 20.3 Å². The van der Waals surface area contributed by atoms with E-state index < -0.39 is 0 Å². The molecular weight excluding hydrogens is 292 g/mol. The van der Waals surface area contributed by atoms with E-state index in [2.05, 4.69) is 16.8 Å². The van der Waals surface area contributed by atoms with Gasteiger partial charge in [0.2, 0.25) is 0 Å². The van der Waals surface area contributed by atoms with Gasteiger partial charge >= 0.3 is 0 Å². The van der Waals surface area contributed by atoms with E-state index in [1.807, 2.05) is 44.5 Å². The topological polar surface area (TPSA) is 51.5 Å². The second-order valence-electron chi connectivity index (χ2n) is 5.29. The second kappa shape index (κ2) is 7.61. The first-order valence-electron chi connectivity index (χ1n) is 7.52. The lowest BCUT2D eigenvalue weighted by Gasteiger charge is -2.29. The third-order valence-electron chi connectivity index (χ3n) is 3.82. The fourth-order valence-electron chi connectivity index (χ4n) is 2.71. The van der Waals surface area contributed by atoms with Crippen molar-refractivity contribution in [3.8, 4) is 0 Å². The molecule has 0 aromatic heterocycles. The van der Waals surface area contributed by atoms with Gasteiger partial charge in [-0.05, 0) is 32.4 Å². The van der Waals surface area contributed by atoms with Gasteiger partial charge in [0.15, 0.2) is 0 Å². The van der Waals surface area contributed by atoms with E-state index in [4.69, 9.17) is 10.4 Å². The summed E-state index contributed by atoms with van der Waals surface area (Å²) < 4.78 is 0. The molecule has 0 aromatic rings. The molecule has 2 aliphatic rings. The van der Waals surface area contributed by atoms with E-state index in [-0.39, 0.29) is 0 Å². The minimum absolute atomic E-state index is 0.395. The van der Waals surface area contributed by atoms with Crippen molar-refractivity contribution in [2.75, 3.05) is 20.1 Å². The molecule has 5 heteroatoms. The van der Waals surface area contributed by atoms with Crippen molar-refractivity contribution in [2.45, 2.75) is 26.3 Å². The number of allylic oxidation sites excluding steroid dienone is 3. The van der Waals surface area contributed by atoms with E-state index in [1.54, 1.807) is 11.8 Å². The molecule has 118 valence electrons. The first kappa shape index (κ1) is 16.8. The van der Waals surface area contributed by atoms with Crippen LogP contribution in [0, 0.1) is 5.41 Å². The van der Waals surface area contributed by atoms with Gasteiger partial charge < -0.3 is 15.6 Å². The molecule has 0 spiro atoms. The molecule has 0 bridgehead atoms. The molecule has 1 unspecified atom stereocenters. The molecular formula is C17H24N4S. The number of rotatable bonds is 6. The third kappa shape index (κ3) is 3.42. The van der Waals surface area contributed by atoms with Gasteiger partial charge in [-0.2, -0.15) is 0 Å². The van der Waals surface area contributed by atoms with Crippen LogP contribution < -0.4 is 5.32 Å². The third-order valence-corrected chi connectivity index (χ3v) is 4.70. The molecule has 0 saturated carbocycles. The van der Waals surface area contributed by atoms with Crippen molar-refractivity contribution < 1.29 is 0 Å². The number of nitrogens with one attached hydrogen (secondary N) is 2. The van der Waals surface area contributed by atoms with E-state index >= 15 is 0 Å². The first-order valence-corrected chi connectivity index (χ1v) is 8.40. The van der Waals surface area contributed by atoms with Gasteiger partial charge in [0.1, 0.15) is 5.84 Å². The predicted octanol–water partition coefficient (Wildman–Crippen LogP) is 3.32. The molecule has 2 heterocycles. The van der Waals surface area contributed by atoms with Crippen LogP contribution in [0.15, 0.2) is 51.4 Å². The molecule has 4 nitrogen and oxygen atoms in total. The van der Waals surface area contributed by atoms with Crippen molar-refractivity contribution >= 4 is 23.3 Å². The highest BCUT2D eigenvalue weighted by atomic mass is 32.2. The van der Waals surface area contributed by atoms with Gasteiger partial charge in [-0.3, -0.25) is 4.99 Å². The van der Waals surface area contributed by atoms with Crippen LogP contribution in [-0.4, -0.2) is 42.6 Å². The van der Waals surface area contributed by atoms with Crippen LogP contribution in [0.5, 0.6) is 0 Å². The van der Waals surface area contributed by atoms with E-state index in [1.165, 1.54) is 5.70 Å². The average Bonchev–Trinajstić information content (AvgIpc) is 2.95. The number of fused-ring (bicyclic) bond motifs is 1. The predicted molar refractivity (Wildman–Crippen MR) is 97.6 cm³/mol. The number of hydrogen-bond acceptors (Lipinski definition) is 5. The minimum Gasteiger partial charge on any atom is -0.327 e. The Kier molecular flexibility index (Phi) is 5.80. The molecule has 1 saturated heterocycles. The lowest BCUT2D eigenvalue weighted by atomic mass is 10.0. The Bertz CT molecular complexity index is 583. The summed E-state index contributed by atoms with van der Waals surface area (Å²) in [5.41, 5.74) is 2.81. The smallest absolute Gasteiger partial charge is 0.141 e. The van der Waals surface area contributed by atoms with Gasteiger partial charge in [0.25, 0.3) is 0 Å². The zero-order valence-electron chi connectivity index (χ0n) is 13.5. The average molecular weight is 316 g/mol. The molecule has 0 aromatic carbocycles. The Balaban J connectivity index is 2.30. The van der Waals surface area contributed by atoms with Crippen LogP contribution in [0.4, 0.5) is 0 Å². The van der Waals surface area contributed by atoms with Gasteiger partial charge in [0, 0.05) is 35.2 Å². The summed E-state index contributed by atoms with van der Waals surface area (Å²) >= 11 is 1.60. The minimum atomic E-state index is 0.395. The quantitative estimate of drug-likeness (QED) is 0.739. The number of likely N-dealkylation sites (N-methyl/N-ethyl adjacent to an activating group) is 1. The maximum Gasteiger partial charge on any atom is 0.141 e. The molecule has 1 atom stereocenters. The van der Waals surface area contributed by atoms with Crippen LogP contribution in [0.3, 0.4) is 0 Å². The van der Waals surface area contributed by atoms with Gasteiger partial charge in [-0.15, -0.1) is 0 Å². The number of thioether (sulfide) groups is 1. The maximum atomic E-state index is 8.24. The summed E-state index contributed by atoms with van der Waals surface area (Å²) in [6, 6.07) is 0.395. The standard InChI is InChI=1S/C17H24N4S/c1-5-7-15(18)14-10-20-17(12(3)22-8-6-2)21-11-13(19-4)9-16(14)21/h5-8,13,18-19H,3,9-11H2,1-2,4H3/b7-5-,8-6-,18-15?. The molecule has 2 aliphatic heterocycles. The Morgan fingerprint density at radius 1 is 1.45 bits per heavy atom. The van der Waals surface area contributed by atoms with E-state index in [0.717, 1.165) is 29.3 Å². The summed E-state index contributed by atoms with van der Waals surface area (Å²) in [7, 11) is 1.99. The summed E-state index contributed by atoms with van der Waals surface area (Å²) in [5, 5.41) is 13.6. The Labute approximate surface area is 137 Å². The summed E-state index contributed by atoms with van der Waals surface area (Å²) in [6.07, 6.45) is 6.69. The van der Waals surface area contributed by atoms with Gasteiger partial charge in [-0.25, -0.2) is 0 Å². The molecule has 2 rings (SSSR count). The van der Waals surface area contributed by atoms with Crippen molar-refractivity contribution in [1.82, 2.24) is 10.2 Å². The monoisotopic (exact) mass is 316 g/mol. The lowest BCUT2D eigenvalue weighted by molar-refractivity contribution is 0.518. The molecule has 1 fully saturated rings. The van der Waals surface area contributed by atoms with Crippen molar-refractivity contribution in [1.29, 1.82) is 5.41 Å². The van der Waals surface area contributed by atoms with E-state index in [9.17, 15) is 0 Å². The van der Waals surface area contributed by atoms with Crippen LogP contribution in [-0.2, 0) is 0 Å². The number of nitrogens with zero attached hydrogens (tertiary/aromatic N) is 2. The highest BCUT2D eigenvalue weighted by Crippen LogP contribution is 2.33. The normalized spacial score (nSPS) is 21.7. The van der Waals surface area contributed by atoms with Gasteiger partial charge in [-0.1, -0.05) is 30.5 Å². The number of aliphatic imine (C=N–C) groups is 1. The zero-order chi connectivity index (χ0) is 16.1. The Morgan fingerprint density at radius 2 is 2.23 bits per heavy atom. The van der Waals surface area contributed by atoms with Crippen LogP contribution in [0.2, 0.25) is 0 Å². The maximum absolute atomic E-state index is 8.24. The van der Waals surface area contributed by atoms with Crippen molar-refractivity contribution in [2.24, 2.45) is 4.99 Å². The summed E-state index contributed by atoms with van der Waals surface area (Å²) in [4.78, 5) is 7.90. The fraction of sp³-hybridized carbons (Fsp3) is 0.412. The van der Waals surface area contributed by atoms with Crippen molar-refractivity contribution in [3.05, 3.63) is 46.4 Å².